The number of aliphatic carboxylic acids is 1. The number of nitrogens with zero attached hydrogens (tertiary/aromatic N) is 1. The zero-order chi connectivity index (χ0) is 19.3. The molecule has 0 aliphatic carbocycles. The van der Waals surface area contributed by atoms with Gasteiger partial charge in [0.05, 0.1) is 18.2 Å². The van der Waals surface area contributed by atoms with Gasteiger partial charge in [-0.05, 0) is 19.8 Å². The van der Waals surface area contributed by atoms with Gasteiger partial charge >= 0.3 is 5.97 Å². The normalized spacial score (nSPS) is 16.0. The lowest BCUT2D eigenvalue weighted by atomic mass is 9.86. The van der Waals surface area contributed by atoms with Crippen LogP contribution in [-0.4, -0.2) is 40.7 Å². The molecule has 0 atom stereocenters. The van der Waals surface area contributed by atoms with Crippen molar-refractivity contribution in [1.29, 1.82) is 0 Å². The molecule has 2 N–H and O–H groups in total. The highest BCUT2D eigenvalue weighted by molar-refractivity contribution is 5.78. The minimum absolute atomic E-state index is 0.0985. The minimum atomic E-state index is -0.923. The Labute approximate surface area is 157 Å². The number of carboxylic acids is 1. The number of carbonyl (C=O) groups is 2. The van der Waals surface area contributed by atoms with Gasteiger partial charge < -0.3 is 19.6 Å². The number of ether oxygens (including phenoxy) is 1. The Morgan fingerprint density at radius 2 is 1.93 bits per heavy atom. The lowest BCUT2D eigenvalue weighted by molar-refractivity contribution is -0.140. The number of aryl methyl sites for hydroxylation is 2. The van der Waals surface area contributed by atoms with Gasteiger partial charge in [-0.3, -0.25) is 9.59 Å². The largest absolute Gasteiger partial charge is 0.481 e. The highest BCUT2D eigenvalue weighted by atomic mass is 16.5. The smallest absolute Gasteiger partial charge is 0.305 e. The lowest BCUT2D eigenvalue weighted by Gasteiger charge is -2.36. The molecule has 1 saturated heterocycles. The fraction of sp³-hybridized carbons (Fsp3) is 0.450. The van der Waals surface area contributed by atoms with E-state index < -0.39 is 11.5 Å². The maximum absolute atomic E-state index is 12.4. The zero-order valence-corrected chi connectivity index (χ0v) is 15.4. The van der Waals surface area contributed by atoms with Crippen molar-refractivity contribution in [2.75, 3.05) is 13.2 Å². The lowest BCUT2D eigenvalue weighted by Crippen LogP contribution is -2.53. The van der Waals surface area contributed by atoms with Crippen LogP contribution in [0.1, 0.15) is 37.1 Å². The summed E-state index contributed by atoms with van der Waals surface area (Å²) in [5.74, 6) is 0.0260. The van der Waals surface area contributed by atoms with E-state index in [2.05, 4.69) is 10.3 Å². The van der Waals surface area contributed by atoms with E-state index in [1.807, 2.05) is 31.2 Å². The summed E-state index contributed by atoms with van der Waals surface area (Å²) in [6.07, 6.45) is 3.11. The van der Waals surface area contributed by atoms with Crippen LogP contribution < -0.4 is 5.32 Å². The molecule has 0 unspecified atom stereocenters. The van der Waals surface area contributed by atoms with Crippen LogP contribution in [0.15, 0.2) is 34.9 Å². The second kappa shape index (κ2) is 8.35. The van der Waals surface area contributed by atoms with Gasteiger partial charge in [0.15, 0.2) is 11.7 Å². The molecule has 3 rings (SSSR count). The van der Waals surface area contributed by atoms with Crippen molar-refractivity contribution < 1.29 is 23.8 Å². The average molecular weight is 372 g/mol. The quantitative estimate of drug-likeness (QED) is 0.775. The molecule has 7 nitrogen and oxygen atoms in total. The number of hydrogen-bond acceptors (Lipinski definition) is 5. The van der Waals surface area contributed by atoms with E-state index in [1.165, 1.54) is 5.56 Å². The summed E-state index contributed by atoms with van der Waals surface area (Å²) in [4.78, 5) is 27.8. The molecule has 0 saturated carbocycles. The van der Waals surface area contributed by atoms with Crippen LogP contribution >= 0.6 is 0 Å². The van der Waals surface area contributed by atoms with E-state index in [4.69, 9.17) is 14.3 Å². The first-order valence-corrected chi connectivity index (χ1v) is 9.08. The van der Waals surface area contributed by atoms with E-state index in [1.54, 1.807) is 6.20 Å². The van der Waals surface area contributed by atoms with Crippen LogP contribution in [0, 0.1) is 6.92 Å². The van der Waals surface area contributed by atoms with Crippen molar-refractivity contribution in [3.05, 3.63) is 41.9 Å². The van der Waals surface area contributed by atoms with Gasteiger partial charge in [0, 0.05) is 31.6 Å². The molecule has 2 heterocycles. The number of aromatic nitrogens is 1. The highest BCUT2D eigenvalue weighted by Crippen LogP contribution is 2.25. The number of oxazole rings is 1. The van der Waals surface area contributed by atoms with Gasteiger partial charge in [0.1, 0.15) is 0 Å². The van der Waals surface area contributed by atoms with Crippen molar-refractivity contribution in [2.24, 2.45) is 0 Å². The standard InChI is InChI=1S/C20H24N2O5/c1-14-2-4-15(5-3-14)16-13-21-18(27-16)7-6-17(23)22-20(12-19(24)25)8-10-26-11-9-20/h2-5,13H,6-12H2,1H3,(H,22,23)(H,24,25). The van der Waals surface area contributed by atoms with Gasteiger partial charge in [-0.1, -0.05) is 29.8 Å². The Morgan fingerprint density at radius 3 is 2.59 bits per heavy atom. The molecule has 144 valence electrons. The van der Waals surface area contributed by atoms with E-state index in [-0.39, 0.29) is 18.7 Å². The van der Waals surface area contributed by atoms with Crippen LogP contribution in [0.25, 0.3) is 11.3 Å². The summed E-state index contributed by atoms with van der Waals surface area (Å²) in [7, 11) is 0. The van der Waals surface area contributed by atoms with E-state index in [0.717, 1.165) is 5.56 Å². The van der Waals surface area contributed by atoms with Gasteiger partial charge in [-0.25, -0.2) is 4.98 Å². The summed E-state index contributed by atoms with van der Waals surface area (Å²) < 4.78 is 11.0. The molecule has 2 aromatic rings. The fourth-order valence-electron chi connectivity index (χ4n) is 3.25. The average Bonchev–Trinajstić information content (AvgIpc) is 3.09. The van der Waals surface area contributed by atoms with Crippen LogP contribution in [0.5, 0.6) is 0 Å². The number of rotatable bonds is 7. The molecule has 0 spiro atoms. The van der Waals surface area contributed by atoms with Crippen molar-refractivity contribution in [3.63, 3.8) is 0 Å². The molecule has 27 heavy (non-hydrogen) atoms. The minimum Gasteiger partial charge on any atom is -0.481 e. The van der Waals surface area contributed by atoms with E-state index >= 15 is 0 Å². The van der Waals surface area contributed by atoms with E-state index in [9.17, 15) is 9.59 Å². The Bertz CT molecular complexity index is 791. The van der Waals surface area contributed by atoms with Crippen molar-refractivity contribution in [3.8, 4) is 11.3 Å². The first kappa shape index (κ1) is 19.1. The van der Waals surface area contributed by atoms with Crippen LogP contribution in [0.2, 0.25) is 0 Å². The molecule has 1 amide bonds. The van der Waals surface area contributed by atoms with Gasteiger partial charge in [0.2, 0.25) is 5.91 Å². The number of nitrogens with one attached hydrogen (secondary N) is 1. The molecule has 1 aromatic heterocycles. The third-order valence-electron chi connectivity index (χ3n) is 4.80. The van der Waals surface area contributed by atoms with Gasteiger partial charge in [-0.15, -0.1) is 0 Å². The maximum Gasteiger partial charge on any atom is 0.305 e. The monoisotopic (exact) mass is 372 g/mol. The van der Waals surface area contributed by atoms with Crippen LogP contribution in [-0.2, 0) is 20.7 Å². The molecule has 1 aliphatic rings. The van der Waals surface area contributed by atoms with Crippen molar-refractivity contribution in [1.82, 2.24) is 10.3 Å². The summed E-state index contributed by atoms with van der Waals surface area (Å²) in [6, 6.07) is 7.93. The van der Waals surface area contributed by atoms with Crippen molar-refractivity contribution >= 4 is 11.9 Å². The Morgan fingerprint density at radius 1 is 1.22 bits per heavy atom. The molecular weight excluding hydrogens is 348 g/mol. The Kier molecular flexibility index (Phi) is 5.91. The number of hydrogen-bond donors (Lipinski definition) is 2. The van der Waals surface area contributed by atoms with E-state index in [0.29, 0.717) is 44.1 Å². The molecule has 1 aromatic carbocycles. The molecule has 1 fully saturated rings. The topological polar surface area (TPSA) is 102 Å². The molecule has 7 heteroatoms. The highest BCUT2D eigenvalue weighted by Gasteiger charge is 2.36. The second-order valence-electron chi connectivity index (χ2n) is 7.00. The predicted molar refractivity (Wildman–Crippen MR) is 98.2 cm³/mol. The third kappa shape index (κ3) is 5.17. The van der Waals surface area contributed by atoms with Crippen LogP contribution in [0.4, 0.5) is 0 Å². The first-order chi connectivity index (χ1) is 13.0. The SMILES string of the molecule is Cc1ccc(-c2cnc(CCC(=O)NC3(CC(=O)O)CCOCC3)o2)cc1. The number of benzene rings is 1. The van der Waals surface area contributed by atoms with Gasteiger partial charge in [-0.2, -0.15) is 0 Å². The van der Waals surface area contributed by atoms with Crippen LogP contribution in [0.3, 0.4) is 0 Å². The third-order valence-corrected chi connectivity index (χ3v) is 4.80. The number of carboxylic acid groups (broad SMARTS) is 1. The predicted octanol–water partition coefficient (Wildman–Crippen LogP) is 2.72. The second-order valence-corrected chi connectivity index (χ2v) is 7.00. The summed E-state index contributed by atoms with van der Waals surface area (Å²) in [5.41, 5.74) is 1.37. The maximum atomic E-state index is 12.4. The first-order valence-electron chi connectivity index (χ1n) is 9.08. The molecule has 0 bridgehead atoms. The summed E-state index contributed by atoms with van der Waals surface area (Å²) in [5, 5.41) is 12.1. The zero-order valence-electron chi connectivity index (χ0n) is 15.4. The Hall–Kier alpha value is -2.67. The Balaban J connectivity index is 1.57. The fourth-order valence-corrected chi connectivity index (χ4v) is 3.25. The summed E-state index contributed by atoms with van der Waals surface area (Å²) in [6.45, 7) is 2.92. The summed E-state index contributed by atoms with van der Waals surface area (Å²) >= 11 is 0. The van der Waals surface area contributed by atoms with Crippen molar-refractivity contribution in [2.45, 2.75) is 44.6 Å². The van der Waals surface area contributed by atoms with Gasteiger partial charge in [0.25, 0.3) is 0 Å². The molecule has 1 aliphatic heterocycles. The number of amides is 1. The molecular formula is C20H24N2O5. The molecule has 0 radical (unpaired) electrons. The number of carbonyl (C=O) groups excluding carboxylic acids is 1.